The Morgan fingerprint density at radius 3 is 2.24 bits per heavy atom. The number of rotatable bonds is 7. The lowest BCUT2D eigenvalue weighted by Gasteiger charge is -2.22. The molecule has 5 nitrogen and oxygen atoms in total. The van der Waals surface area contributed by atoms with Crippen LogP contribution in [0.15, 0.2) is 48.5 Å². The van der Waals surface area contributed by atoms with Crippen molar-refractivity contribution in [2.45, 2.75) is 51.5 Å². The molecular formula is C23H31ClN2O3. The second-order valence-electron chi connectivity index (χ2n) is 7.97. The van der Waals surface area contributed by atoms with E-state index in [4.69, 9.17) is 10.5 Å². The van der Waals surface area contributed by atoms with Crippen LogP contribution in [-0.4, -0.2) is 19.0 Å². The van der Waals surface area contributed by atoms with E-state index in [2.05, 4.69) is 26.1 Å². The van der Waals surface area contributed by atoms with Crippen molar-refractivity contribution < 1.29 is 14.3 Å². The number of carbonyl (C=O) groups excluding carboxylic acids is 2. The van der Waals surface area contributed by atoms with Crippen molar-refractivity contribution in [2.24, 2.45) is 0 Å². The molecule has 0 saturated heterocycles. The van der Waals surface area contributed by atoms with Crippen LogP contribution in [0.25, 0.3) is 0 Å². The van der Waals surface area contributed by atoms with Crippen LogP contribution in [0.1, 0.15) is 56.3 Å². The van der Waals surface area contributed by atoms with Gasteiger partial charge in [-0.15, -0.1) is 12.4 Å². The van der Waals surface area contributed by atoms with Crippen molar-refractivity contribution in [1.82, 2.24) is 5.32 Å². The zero-order chi connectivity index (χ0) is 20.7. The Hall–Kier alpha value is -2.53. The third kappa shape index (κ3) is 7.42. The van der Waals surface area contributed by atoms with Crippen molar-refractivity contribution in [3.8, 4) is 0 Å². The number of para-hydroxylation sites is 1. The van der Waals surface area contributed by atoms with E-state index in [1.54, 1.807) is 0 Å². The Bertz CT molecular complexity index is 814. The van der Waals surface area contributed by atoms with Gasteiger partial charge in [-0.3, -0.25) is 9.59 Å². The maximum Gasteiger partial charge on any atom is 0.307 e. The lowest BCUT2D eigenvalue weighted by molar-refractivity contribution is -0.141. The fourth-order valence-electron chi connectivity index (χ4n) is 2.99. The van der Waals surface area contributed by atoms with Gasteiger partial charge < -0.3 is 15.8 Å². The average Bonchev–Trinajstić information content (AvgIpc) is 2.66. The van der Waals surface area contributed by atoms with Crippen LogP contribution in [0.4, 0.5) is 5.69 Å². The minimum Gasteiger partial charge on any atom is -0.469 e. The minimum absolute atomic E-state index is 0. The Labute approximate surface area is 179 Å². The van der Waals surface area contributed by atoms with E-state index in [0.29, 0.717) is 18.5 Å². The Balaban J connectivity index is 0.00000420. The zero-order valence-electron chi connectivity index (χ0n) is 17.5. The Morgan fingerprint density at radius 2 is 1.69 bits per heavy atom. The van der Waals surface area contributed by atoms with Gasteiger partial charge in [0, 0.05) is 12.1 Å². The van der Waals surface area contributed by atoms with Crippen LogP contribution in [0.5, 0.6) is 0 Å². The van der Waals surface area contributed by atoms with Gasteiger partial charge in [0.05, 0.1) is 19.6 Å². The van der Waals surface area contributed by atoms with E-state index in [0.717, 1.165) is 11.1 Å². The fraction of sp³-hybridized carbons (Fsp3) is 0.391. The Morgan fingerprint density at radius 1 is 1.07 bits per heavy atom. The average molecular weight is 419 g/mol. The molecule has 2 aromatic rings. The zero-order valence-corrected chi connectivity index (χ0v) is 18.3. The Kier molecular flexibility index (Phi) is 9.18. The number of hydrogen-bond acceptors (Lipinski definition) is 4. The third-order valence-corrected chi connectivity index (χ3v) is 4.79. The predicted octanol–water partition coefficient (Wildman–Crippen LogP) is 4.34. The first-order valence-corrected chi connectivity index (χ1v) is 9.50. The van der Waals surface area contributed by atoms with Crippen LogP contribution in [0, 0.1) is 0 Å². The summed E-state index contributed by atoms with van der Waals surface area (Å²) in [6.07, 6.45) is 0.933. The van der Waals surface area contributed by atoms with Gasteiger partial charge in [0.2, 0.25) is 5.91 Å². The molecule has 0 aliphatic carbocycles. The first-order chi connectivity index (χ1) is 13.2. The predicted molar refractivity (Wildman–Crippen MR) is 119 cm³/mol. The van der Waals surface area contributed by atoms with Crippen LogP contribution >= 0.6 is 12.4 Å². The lowest BCUT2D eigenvalue weighted by Crippen LogP contribution is -2.30. The molecule has 1 unspecified atom stereocenters. The van der Waals surface area contributed by atoms with E-state index in [1.165, 1.54) is 12.7 Å². The quantitative estimate of drug-likeness (QED) is 0.517. The highest BCUT2D eigenvalue weighted by Gasteiger charge is 2.20. The number of anilines is 1. The molecule has 0 radical (unpaired) electrons. The minimum atomic E-state index is -0.429. The van der Waals surface area contributed by atoms with Crippen LogP contribution < -0.4 is 11.1 Å². The number of nitrogens with one attached hydrogen (secondary N) is 1. The largest absolute Gasteiger partial charge is 0.469 e. The second kappa shape index (κ2) is 10.9. The molecule has 6 heteroatoms. The SMILES string of the molecule is COC(=O)CC(NC(=O)CCc1ccccc1N)c1ccc(C(C)(C)C)cc1.Cl. The molecule has 0 fully saturated rings. The highest BCUT2D eigenvalue weighted by Crippen LogP contribution is 2.25. The number of halogens is 1. The number of carbonyl (C=O) groups is 2. The normalized spacial score (nSPS) is 11.9. The molecule has 1 atom stereocenters. The summed E-state index contributed by atoms with van der Waals surface area (Å²) < 4.78 is 4.80. The van der Waals surface area contributed by atoms with Gasteiger partial charge in [0.15, 0.2) is 0 Å². The number of benzene rings is 2. The molecule has 158 valence electrons. The molecule has 3 N–H and O–H groups in total. The number of amides is 1. The molecule has 2 rings (SSSR count). The maximum absolute atomic E-state index is 12.5. The summed E-state index contributed by atoms with van der Waals surface area (Å²) in [6.45, 7) is 6.43. The lowest BCUT2D eigenvalue weighted by atomic mass is 9.86. The monoisotopic (exact) mass is 418 g/mol. The third-order valence-electron chi connectivity index (χ3n) is 4.79. The molecular weight excluding hydrogens is 388 g/mol. The van der Waals surface area contributed by atoms with Gasteiger partial charge in [0.25, 0.3) is 0 Å². The summed E-state index contributed by atoms with van der Waals surface area (Å²) in [5.74, 6) is -0.491. The summed E-state index contributed by atoms with van der Waals surface area (Å²) in [5.41, 5.74) is 9.67. The summed E-state index contributed by atoms with van der Waals surface area (Å²) in [7, 11) is 1.35. The first-order valence-electron chi connectivity index (χ1n) is 9.50. The number of nitrogen functional groups attached to an aromatic ring is 1. The molecule has 29 heavy (non-hydrogen) atoms. The standard InChI is InChI=1S/C23H30N2O3.ClH/c1-23(2,3)18-12-9-17(10-13-18)20(15-22(27)28-4)25-21(26)14-11-16-7-5-6-8-19(16)24;/h5-10,12-13,20H,11,14-15,24H2,1-4H3,(H,25,26);1H. The van der Waals surface area contributed by atoms with Crippen molar-refractivity contribution in [3.05, 3.63) is 65.2 Å². The molecule has 0 spiro atoms. The van der Waals surface area contributed by atoms with Crippen molar-refractivity contribution in [2.75, 3.05) is 12.8 Å². The highest BCUT2D eigenvalue weighted by molar-refractivity contribution is 5.85. The van der Waals surface area contributed by atoms with E-state index in [-0.39, 0.29) is 36.1 Å². The molecule has 0 bridgehead atoms. The van der Waals surface area contributed by atoms with Crippen LogP contribution in [-0.2, 0) is 26.2 Å². The van der Waals surface area contributed by atoms with Gasteiger partial charge in [-0.05, 0) is 34.6 Å². The molecule has 0 heterocycles. The van der Waals surface area contributed by atoms with Gasteiger partial charge in [-0.1, -0.05) is 63.2 Å². The highest BCUT2D eigenvalue weighted by atomic mass is 35.5. The number of aryl methyl sites for hydroxylation is 1. The number of ether oxygens (including phenoxy) is 1. The van der Waals surface area contributed by atoms with Gasteiger partial charge >= 0.3 is 5.97 Å². The van der Waals surface area contributed by atoms with Crippen molar-refractivity contribution >= 4 is 30.0 Å². The first kappa shape index (κ1) is 24.5. The van der Waals surface area contributed by atoms with Crippen molar-refractivity contribution in [1.29, 1.82) is 0 Å². The molecule has 1 amide bonds. The summed E-state index contributed by atoms with van der Waals surface area (Å²) in [5, 5.41) is 2.97. The molecule has 0 saturated carbocycles. The second-order valence-corrected chi connectivity index (χ2v) is 7.97. The van der Waals surface area contributed by atoms with E-state index in [9.17, 15) is 9.59 Å². The summed E-state index contributed by atoms with van der Waals surface area (Å²) in [4.78, 5) is 24.3. The topological polar surface area (TPSA) is 81.4 Å². The van der Waals surface area contributed by atoms with E-state index in [1.807, 2.05) is 48.5 Å². The number of hydrogen-bond donors (Lipinski definition) is 2. The van der Waals surface area contributed by atoms with Crippen LogP contribution in [0.3, 0.4) is 0 Å². The summed E-state index contributed by atoms with van der Waals surface area (Å²) >= 11 is 0. The number of esters is 1. The fourth-order valence-corrected chi connectivity index (χ4v) is 2.99. The van der Waals surface area contributed by atoms with Gasteiger partial charge in [0.1, 0.15) is 0 Å². The molecule has 0 aliphatic rings. The summed E-state index contributed by atoms with van der Waals surface area (Å²) in [6, 6.07) is 15.1. The van der Waals surface area contributed by atoms with Crippen LogP contribution in [0.2, 0.25) is 0 Å². The number of nitrogens with two attached hydrogens (primary N) is 1. The van der Waals surface area contributed by atoms with Gasteiger partial charge in [-0.2, -0.15) is 0 Å². The molecule has 0 aromatic heterocycles. The molecule has 2 aromatic carbocycles. The number of methoxy groups -OCH3 is 1. The van der Waals surface area contributed by atoms with Crippen molar-refractivity contribution in [3.63, 3.8) is 0 Å². The van der Waals surface area contributed by atoms with E-state index < -0.39 is 6.04 Å². The van der Waals surface area contributed by atoms with Gasteiger partial charge in [-0.25, -0.2) is 0 Å². The molecule has 0 aliphatic heterocycles. The maximum atomic E-state index is 12.5. The van der Waals surface area contributed by atoms with E-state index >= 15 is 0 Å². The smallest absolute Gasteiger partial charge is 0.307 e.